The van der Waals surface area contributed by atoms with Gasteiger partial charge in [-0.3, -0.25) is 9.48 Å². The molecule has 18 heavy (non-hydrogen) atoms. The summed E-state index contributed by atoms with van der Waals surface area (Å²) in [6.07, 6.45) is 1.60. The molecular formula is C12H13BrN4O. The van der Waals surface area contributed by atoms with E-state index < -0.39 is 0 Å². The zero-order valence-corrected chi connectivity index (χ0v) is 11.7. The highest BCUT2D eigenvalue weighted by Crippen LogP contribution is 2.17. The standard InChI is InChI=1S/C12H13BrN4O/c1-8-3-4-10(13)9(5-8)12(18)14-6-11-15-7-17(2)16-11/h3-5,7H,6H2,1-2H3,(H,14,18). The van der Waals surface area contributed by atoms with Gasteiger partial charge in [0.1, 0.15) is 6.33 Å². The average molecular weight is 309 g/mol. The molecule has 0 radical (unpaired) electrons. The predicted molar refractivity (Wildman–Crippen MR) is 71.1 cm³/mol. The smallest absolute Gasteiger partial charge is 0.252 e. The zero-order chi connectivity index (χ0) is 13.1. The molecule has 0 spiro atoms. The van der Waals surface area contributed by atoms with Gasteiger partial charge in [0.25, 0.3) is 5.91 Å². The largest absolute Gasteiger partial charge is 0.345 e. The summed E-state index contributed by atoms with van der Waals surface area (Å²) in [6, 6.07) is 5.65. The van der Waals surface area contributed by atoms with E-state index in [1.54, 1.807) is 18.1 Å². The van der Waals surface area contributed by atoms with E-state index >= 15 is 0 Å². The van der Waals surface area contributed by atoms with E-state index in [1.807, 2.05) is 25.1 Å². The number of hydrogen-bond acceptors (Lipinski definition) is 3. The molecule has 1 amide bonds. The lowest BCUT2D eigenvalue weighted by Gasteiger charge is -2.06. The Labute approximate surface area is 113 Å². The van der Waals surface area contributed by atoms with Gasteiger partial charge in [-0.1, -0.05) is 11.6 Å². The first kappa shape index (κ1) is 12.8. The van der Waals surface area contributed by atoms with Crippen LogP contribution in [0.5, 0.6) is 0 Å². The third-order valence-corrected chi connectivity index (χ3v) is 3.11. The molecule has 2 aromatic rings. The fourth-order valence-corrected chi connectivity index (χ4v) is 1.96. The van der Waals surface area contributed by atoms with Gasteiger partial charge in [-0.05, 0) is 35.0 Å². The van der Waals surface area contributed by atoms with E-state index in [2.05, 4.69) is 31.3 Å². The van der Waals surface area contributed by atoms with E-state index in [0.29, 0.717) is 17.9 Å². The van der Waals surface area contributed by atoms with Gasteiger partial charge < -0.3 is 5.32 Å². The molecule has 94 valence electrons. The van der Waals surface area contributed by atoms with Crippen LogP contribution < -0.4 is 5.32 Å². The van der Waals surface area contributed by atoms with Gasteiger partial charge in [-0.15, -0.1) is 0 Å². The minimum Gasteiger partial charge on any atom is -0.345 e. The molecular weight excluding hydrogens is 296 g/mol. The lowest BCUT2D eigenvalue weighted by molar-refractivity contribution is 0.0949. The summed E-state index contributed by atoms with van der Waals surface area (Å²) in [5.74, 6) is 0.452. The fraction of sp³-hybridized carbons (Fsp3) is 0.250. The molecule has 0 aliphatic rings. The Balaban J connectivity index is 2.05. The van der Waals surface area contributed by atoms with Crippen molar-refractivity contribution in [3.63, 3.8) is 0 Å². The number of hydrogen-bond donors (Lipinski definition) is 1. The Morgan fingerprint density at radius 3 is 2.94 bits per heavy atom. The predicted octanol–water partition coefficient (Wildman–Crippen LogP) is 1.82. The van der Waals surface area contributed by atoms with Crippen molar-refractivity contribution in [3.8, 4) is 0 Å². The van der Waals surface area contributed by atoms with Crippen molar-refractivity contribution in [1.29, 1.82) is 0 Å². The number of nitrogens with one attached hydrogen (secondary N) is 1. The molecule has 2 rings (SSSR count). The van der Waals surface area contributed by atoms with Crippen LogP contribution in [0.4, 0.5) is 0 Å². The minimum atomic E-state index is -0.141. The summed E-state index contributed by atoms with van der Waals surface area (Å²) in [6.45, 7) is 2.27. The van der Waals surface area contributed by atoms with Crippen LogP contribution in [0.15, 0.2) is 29.0 Å². The van der Waals surface area contributed by atoms with Crippen molar-refractivity contribution in [2.24, 2.45) is 7.05 Å². The number of benzene rings is 1. The molecule has 0 aliphatic carbocycles. The molecule has 0 bridgehead atoms. The molecule has 5 nitrogen and oxygen atoms in total. The molecule has 6 heteroatoms. The first-order valence-electron chi connectivity index (χ1n) is 5.45. The van der Waals surface area contributed by atoms with E-state index in [-0.39, 0.29) is 5.91 Å². The van der Waals surface area contributed by atoms with Crippen LogP contribution in [0.25, 0.3) is 0 Å². The second-order valence-corrected chi connectivity index (χ2v) is 4.85. The quantitative estimate of drug-likeness (QED) is 0.941. The van der Waals surface area contributed by atoms with E-state index in [4.69, 9.17) is 0 Å². The first-order valence-corrected chi connectivity index (χ1v) is 6.24. The number of carbonyl (C=O) groups excluding carboxylic acids is 1. The number of aromatic nitrogens is 3. The number of halogens is 1. The molecule has 0 unspecified atom stereocenters. The van der Waals surface area contributed by atoms with Gasteiger partial charge in [0.15, 0.2) is 5.82 Å². The minimum absolute atomic E-state index is 0.141. The van der Waals surface area contributed by atoms with Gasteiger partial charge in [0.2, 0.25) is 0 Å². The topological polar surface area (TPSA) is 59.8 Å². The Hall–Kier alpha value is -1.69. The Bertz CT molecular complexity index is 579. The normalized spacial score (nSPS) is 10.4. The monoisotopic (exact) mass is 308 g/mol. The summed E-state index contributed by atoms with van der Waals surface area (Å²) >= 11 is 3.37. The van der Waals surface area contributed by atoms with Crippen molar-refractivity contribution < 1.29 is 4.79 Å². The van der Waals surface area contributed by atoms with Gasteiger partial charge in [0, 0.05) is 11.5 Å². The highest BCUT2D eigenvalue weighted by molar-refractivity contribution is 9.10. The lowest BCUT2D eigenvalue weighted by atomic mass is 10.1. The summed E-state index contributed by atoms with van der Waals surface area (Å²) < 4.78 is 2.38. The van der Waals surface area contributed by atoms with Crippen molar-refractivity contribution in [1.82, 2.24) is 20.1 Å². The number of aryl methyl sites for hydroxylation is 2. The van der Waals surface area contributed by atoms with Crippen LogP contribution in [0.1, 0.15) is 21.7 Å². The molecule has 0 saturated heterocycles. The van der Waals surface area contributed by atoms with E-state index in [0.717, 1.165) is 10.0 Å². The second kappa shape index (κ2) is 5.30. The van der Waals surface area contributed by atoms with Crippen molar-refractivity contribution in [2.45, 2.75) is 13.5 Å². The van der Waals surface area contributed by atoms with Crippen LogP contribution in [-0.4, -0.2) is 20.7 Å². The molecule has 1 heterocycles. The SMILES string of the molecule is Cc1ccc(Br)c(C(=O)NCc2ncn(C)n2)c1. The summed E-state index contributed by atoms with van der Waals surface area (Å²) in [5, 5.41) is 6.88. The number of nitrogens with zero attached hydrogens (tertiary/aromatic N) is 3. The van der Waals surface area contributed by atoms with Gasteiger partial charge >= 0.3 is 0 Å². The molecule has 0 aliphatic heterocycles. The second-order valence-electron chi connectivity index (χ2n) is 4.00. The average Bonchev–Trinajstić information content (AvgIpc) is 2.75. The van der Waals surface area contributed by atoms with Crippen LogP contribution in [0.3, 0.4) is 0 Å². The Morgan fingerprint density at radius 2 is 2.28 bits per heavy atom. The van der Waals surface area contributed by atoms with Gasteiger partial charge in [-0.25, -0.2) is 4.98 Å². The van der Waals surface area contributed by atoms with Crippen LogP contribution >= 0.6 is 15.9 Å². The number of rotatable bonds is 3. The molecule has 1 aromatic carbocycles. The molecule has 0 saturated carbocycles. The highest BCUT2D eigenvalue weighted by atomic mass is 79.9. The van der Waals surface area contributed by atoms with Crippen molar-refractivity contribution in [2.75, 3.05) is 0 Å². The fourth-order valence-electron chi connectivity index (χ4n) is 1.53. The van der Waals surface area contributed by atoms with Crippen molar-refractivity contribution in [3.05, 3.63) is 46.0 Å². The Kier molecular flexibility index (Phi) is 3.76. The summed E-state index contributed by atoms with van der Waals surface area (Å²) in [5.41, 5.74) is 1.66. The van der Waals surface area contributed by atoms with Gasteiger partial charge in [0.05, 0.1) is 12.1 Å². The third kappa shape index (κ3) is 2.95. The Morgan fingerprint density at radius 1 is 1.50 bits per heavy atom. The van der Waals surface area contributed by atoms with Crippen LogP contribution in [0, 0.1) is 6.92 Å². The summed E-state index contributed by atoms with van der Waals surface area (Å²) in [4.78, 5) is 16.0. The molecule has 0 fully saturated rings. The van der Waals surface area contributed by atoms with Crippen molar-refractivity contribution >= 4 is 21.8 Å². The molecule has 0 atom stereocenters. The lowest BCUT2D eigenvalue weighted by Crippen LogP contribution is -2.24. The maximum absolute atomic E-state index is 12.0. The van der Waals surface area contributed by atoms with E-state index in [9.17, 15) is 4.79 Å². The van der Waals surface area contributed by atoms with Crippen LogP contribution in [-0.2, 0) is 13.6 Å². The maximum atomic E-state index is 12.0. The van der Waals surface area contributed by atoms with Crippen LogP contribution in [0.2, 0.25) is 0 Å². The number of carbonyl (C=O) groups is 1. The maximum Gasteiger partial charge on any atom is 0.252 e. The zero-order valence-electron chi connectivity index (χ0n) is 10.1. The third-order valence-electron chi connectivity index (χ3n) is 2.42. The first-order chi connectivity index (χ1) is 8.56. The van der Waals surface area contributed by atoms with E-state index in [1.165, 1.54) is 0 Å². The highest BCUT2D eigenvalue weighted by Gasteiger charge is 2.10. The number of amides is 1. The summed E-state index contributed by atoms with van der Waals surface area (Å²) in [7, 11) is 1.79. The molecule has 1 aromatic heterocycles. The molecule has 1 N–H and O–H groups in total. The van der Waals surface area contributed by atoms with Gasteiger partial charge in [-0.2, -0.15) is 5.10 Å².